The number of rotatable bonds is 10. The monoisotopic (exact) mass is 561 g/mol. The molecule has 0 aromatic rings. The molecule has 3 fully saturated rings. The molecule has 38 heavy (non-hydrogen) atoms. The molecule has 0 spiro atoms. The summed E-state index contributed by atoms with van der Waals surface area (Å²) < 4.78 is 28.2. The van der Waals surface area contributed by atoms with Crippen molar-refractivity contribution in [3.63, 3.8) is 0 Å². The maximum atomic E-state index is 14.5. The van der Waals surface area contributed by atoms with Gasteiger partial charge in [0.25, 0.3) is 23.4 Å². The second kappa shape index (κ2) is 11.7. The van der Waals surface area contributed by atoms with Crippen LogP contribution in [0.2, 0.25) is 0 Å². The number of hydrazine groups is 1. The van der Waals surface area contributed by atoms with Crippen molar-refractivity contribution < 1.29 is 32.8 Å². The summed E-state index contributed by atoms with van der Waals surface area (Å²) in [4.78, 5) is 65.6. The number of nitrogens with zero attached hydrogens (tertiary/aromatic N) is 2. The topological polar surface area (TPSA) is 128 Å². The van der Waals surface area contributed by atoms with Gasteiger partial charge in [0.15, 0.2) is 5.67 Å². The molecule has 3 rings (SSSR count). The Morgan fingerprint density at radius 3 is 2.34 bits per heavy atom. The Kier molecular flexibility index (Phi) is 9.26. The lowest BCUT2D eigenvalue weighted by Crippen LogP contribution is -2.59. The lowest BCUT2D eigenvalue weighted by Gasteiger charge is -2.34. The zero-order valence-electron chi connectivity index (χ0n) is 22.3. The third-order valence-electron chi connectivity index (χ3n) is 7.74. The van der Waals surface area contributed by atoms with Crippen LogP contribution in [0.15, 0.2) is 0 Å². The Labute approximate surface area is 226 Å². The second-order valence-corrected chi connectivity index (χ2v) is 11.7. The van der Waals surface area contributed by atoms with Crippen LogP contribution in [0.4, 0.5) is 8.78 Å². The van der Waals surface area contributed by atoms with Gasteiger partial charge in [0.1, 0.15) is 12.1 Å². The number of hydrogen-bond donors (Lipinski definition) is 3. The number of hydrogen-bond acceptors (Lipinski definition) is 5. The minimum atomic E-state index is -2.44. The van der Waals surface area contributed by atoms with Gasteiger partial charge in [0, 0.05) is 13.1 Å². The molecule has 0 aromatic heterocycles. The first kappa shape index (κ1) is 30.0. The minimum Gasteiger partial charge on any atom is -0.356 e. The summed E-state index contributed by atoms with van der Waals surface area (Å²) in [7, 11) is 0. The molecular weight excluding hydrogens is 524 g/mol. The maximum absolute atomic E-state index is 14.5. The standard InChI is InChI=1S/C25H38ClF2N5O5/c1-5-14(6-2)17(30-23(38)25(28)8-9-25)21(36)32-13-24(3,4)11-16(32)20(35)31-33(22(37)18(26)27)12-15-7-10-29-19(15)34/h14-18H,5-13H2,1-4H3,(H,29,34)(H,30,38)(H,31,35)/t15-,16-,17?,18?/m0/s1. The molecule has 214 valence electrons. The van der Waals surface area contributed by atoms with Gasteiger partial charge in [-0.2, -0.15) is 0 Å². The lowest BCUT2D eigenvalue weighted by molar-refractivity contribution is -0.149. The largest absolute Gasteiger partial charge is 0.356 e. The molecule has 0 aromatic carbocycles. The summed E-state index contributed by atoms with van der Waals surface area (Å²) in [5.41, 5.74) is -2.52. The van der Waals surface area contributed by atoms with Crippen molar-refractivity contribution in [2.24, 2.45) is 17.3 Å². The van der Waals surface area contributed by atoms with Crippen LogP contribution in [0.1, 0.15) is 66.2 Å². The van der Waals surface area contributed by atoms with Crippen LogP contribution in [0.5, 0.6) is 0 Å². The Bertz CT molecular complexity index is 956. The summed E-state index contributed by atoms with van der Waals surface area (Å²) in [6.45, 7) is 7.76. The number of halogens is 3. The predicted octanol–water partition coefficient (Wildman–Crippen LogP) is 1.57. The van der Waals surface area contributed by atoms with E-state index in [9.17, 15) is 32.8 Å². The molecule has 4 atom stereocenters. The Morgan fingerprint density at radius 1 is 1.21 bits per heavy atom. The van der Waals surface area contributed by atoms with Crippen LogP contribution in [0, 0.1) is 17.3 Å². The SMILES string of the molecule is CCC(CC)C(NC(=O)C1(F)CC1)C(=O)N1CC(C)(C)C[C@H]1C(=O)NN(C[C@@H]1CCNC1=O)C(=O)C(F)Cl. The first-order valence-electron chi connectivity index (χ1n) is 13.2. The molecule has 2 saturated heterocycles. The van der Waals surface area contributed by atoms with E-state index in [1.54, 1.807) is 0 Å². The molecule has 0 radical (unpaired) electrons. The molecule has 1 aliphatic carbocycles. The van der Waals surface area contributed by atoms with E-state index < -0.39 is 58.3 Å². The van der Waals surface area contributed by atoms with E-state index in [1.165, 1.54) is 4.90 Å². The van der Waals surface area contributed by atoms with Crippen molar-refractivity contribution >= 4 is 41.1 Å². The Hall–Kier alpha value is -2.50. The lowest BCUT2D eigenvalue weighted by atomic mass is 9.90. The van der Waals surface area contributed by atoms with Gasteiger partial charge in [-0.25, -0.2) is 13.8 Å². The summed E-state index contributed by atoms with van der Waals surface area (Å²) in [6, 6.07) is -2.08. The molecule has 3 aliphatic rings. The van der Waals surface area contributed by atoms with Crippen LogP contribution in [0.25, 0.3) is 0 Å². The van der Waals surface area contributed by atoms with Crippen LogP contribution < -0.4 is 16.1 Å². The number of carbonyl (C=O) groups excluding carboxylic acids is 5. The van der Waals surface area contributed by atoms with Crippen molar-refractivity contribution in [2.45, 2.75) is 89.6 Å². The maximum Gasteiger partial charge on any atom is 0.291 e. The fourth-order valence-corrected chi connectivity index (χ4v) is 5.34. The minimum absolute atomic E-state index is 0.101. The fourth-order valence-electron chi connectivity index (χ4n) is 5.22. The highest BCUT2D eigenvalue weighted by Gasteiger charge is 2.53. The number of nitrogens with one attached hydrogen (secondary N) is 3. The van der Waals surface area contributed by atoms with E-state index in [1.807, 2.05) is 27.7 Å². The highest BCUT2D eigenvalue weighted by Crippen LogP contribution is 2.40. The molecule has 2 aliphatic heterocycles. The molecule has 2 heterocycles. The molecule has 3 N–H and O–H groups in total. The van der Waals surface area contributed by atoms with Gasteiger partial charge < -0.3 is 15.5 Å². The zero-order chi connectivity index (χ0) is 28.4. The fraction of sp³-hybridized carbons (Fsp3) is 0.800. The van der Waals surface area contributed by atoms with Gasteiger partial charge in [0.05, 0.1) is 12.5 Å². The summed E-state index contributed by atoms with van der Waals surface area (Å²) in [5.74, 6) is -4.59. The normalized spacial score (nSPS) is 24.9. The third-order valence-corrected chi connectivity index (χ3v) is 7.93. The van der Waals surface area contributed by atoms with Gasteiger partial charge in [-0.1, -0.05) is 52.1 Å². The molecule has 0 bridgehead atoms. The van der Waals surface area contributed by atoms with Crippen LogP contribution in [-0.4, -0.2) is 82.5 Å². The first-order valence-corrected chi connectivity index (χ1v) is 13.6. The van der Waals surface area contributed by atoms with Crippen molar-refractivity contribution in [1.82, 2.24) is 26.0 Å². The molecule has 10 nitrogen and oxygen atoms in total. The van der Waals surface area contributed by atoms with Gasteiger partial charge in [-0.15, -0.1) is 0 Å². The van der Waals surface area contributed by atoms with Crippen molar-refractivity contribution in [1.29, 1.82) is 0 Å². The average Bonchev–Trinajstić information content (AvgIpc) is 3.35. The predicted molar refractivity (Wildman–Crippen MR) is 135 cm³/mol. The molecular formula is C25H38ClF2N5O5. The molecule has 13 heteroatoms. The van der Waals surface area contributed by atoms with E-state index in [-0.39, 0.29) is 44.2 Å². The number of likely N-dealkylation sites (tertiary alicyclic amines) is 1. The molecule has 5 amide bonds. The number of carbonyl (C=O) groups is 5. The second-order valence-electron chi connectivity index (χ2n) is 11.3. The van der Waals surface area contributed by atoms with Crippen LogP contribution in [-0.2, 0) is 24.0 Å². The molecule has 2 unspecified atom stereocenters. The van der Waals surface area contributed by atoms with E-state index in [4.69, 9.17) is 11.6 Å². The van der Waals surface area contributed by atoms with Crippen LogP contribution in [0.3, 0.4) is 0 Å². The summed E-state index contributed by atoms with van der Waals surface area (Å²) >= 11 is 5.37. The quantitative estimate of drug-likeness (QED) is 0.275. The third kappa shape index (κ3) is 6.73. The summed E-state index contributed by atoms with van der Waals surface area (Å²) in [5, 5.41) is 5.92. The van der Waals surface area contributed by atoms with Crippen LogP contribution >= 0.6 is 11.6 Å². The average molecular weight is 562 g/mol. The van der Waals surface area contributed by atoms with E-state index in [0.717, 1.165) is 0 Å². The van der Waals surface area contributed by atoms with E-state index in [2.05, 4.69) is 16.1 Å². The van der Waals surface area contributed by atoms with Gasteiger partial charge in [-0.05, 0) is 37.0 Å². The smallest absolute Gasteiger partial charge is 0.291 e. The van der Waals surface area contributed by atoms with Crippen molar-refractivity contribution in [3.05, 3.63) is 0 Å². The van der Waals surface area contributed by atoms with E-state index in [0.29, 0.717) is 30.8 Å². The highest BCUT2D eigenvalue weighted by atomic mass is 35.5. The van der Waals surface area contributed by atoms with Gasteiger partial charge in [-0.3, -0.25) is 29.4 Å². The zero-order valence-corrected chi connectivity index (χ0v) is 23.1. The van der Waals surface area contributed by atoms with Crippen molar-refractivity contribution in [3.8, 4) is 0 Å². The highest BCUT2D eigenvalue weighted by molar-refractivity contribution is 6.29. The Balaban J connectivity index is 1.83. The number of alkyl halides is 3. The van der Waals surface area contributed by atoms with Crippen molar-refractivity contribution in [2.75, 3.05) is 19.6 Å². The number of amides is 5. The van der Waals surface area contributed by atoms with Gasteiger partial charge in [0.2, 0.25) is 11.8 Å². The Morgan fingerprint density at radius 2 is 1.84 bits per heavy atom. The van der Waals surface area contributed by atoms with Gasteiger partial charge >= 0.3 is 0 Å². The first-order chi connectivity index (χ1) is 17.7. The van der Waals surface area contributed by atoms with E-state index >= 15 is 0 Å². The molecule has 1 saturated carbocycles. The summed E-state index contributed by atoms with van der Waals surface area (Å²) in [6.07, 6.45) is 1.91.